The summed E-state index contributed by atoms with van der Waals surface area (Å²) in [5.41, 5.74) is -0.236. The highest BCUT2D eigenvalue weighted by Gasteiger charge is 2.24. The Morgan fingerprint density at radius 3 is 2.76 bits per heavy atom. The lowest BCUT2D eigenvalue weighted by molar-refractivity contribution is 0.102. The van der Waals surface area contributed by atoms with E-state index in [0.717, 1.165) is 12.8 Å². The number of benzene rings is 1. The van der Waals surface area contributed by atoms with Crippen molar-refractivity contribution in [3.8, 4) is 0 Å². The van der Waals surface area contributed by atoms with E-state index in [1.165, 1.54) is 36.5 Å². The number of pyridine rings is 1. The highest BCUT2D eigenvalue weighted by Crippen LogP contribution is 2.28. The number of carbonyl (C=O) groups is 1. The van der Waals surface area contributed by atoms with Crippen LogP contribution in [0.2, 0.25) is 0 Å². The molecule has 0 atom stereocenters. The van der Waals surface area contributed by atoms with Crippen molar-refractivity contribution in [1.82, 2.24) is 9.71 Å². The van der Waals surface area contributed by atoms with Crippen LogP contribution in [0.1, 0.15) is 23.2 Å². The summed E-state index contributed by atoms with van der Waals surface area (Å²) in [7, 11) is -3.66. The highest BCUT2D eigenvalue weighted by molar-refractivity contribution is 9.10. The molecule has 1 aromatic carbocycles. The Labute approximate surface area is 153 Å². The van der Waals surface area contributed by atoms with Gasteiger partial charge in [-0.1, -0.05) is 6.07 Å². The van der Waals surface area contributed by atoms with Crippen molar-refractivity contribution in [2.45, 2.75) is 17.7 Å². The number of sulfonamides is 1. The van der Waals surface area contributed by atoms with E-state index in [-0.39, 0.29) is 16.1 Å². The third-order valence-corrected chi connectivity index (χ3v) is 5.66. The van der Waals surface area contributed by atoms with Gasteiger partial charge in [0, 0.05) is 22.8 Å². The molecule has 0 radical (unpaired) electrons. The van der Waals surface area contributed by atoms with Crippen molar-refractivity contribution >= 4 is 37.5 Å². The largest absolute Gasteiger partial charge is 0.326 e. The molecule has 3 N–H and O–H groups in total. The number of hydrogen-bond acceptors (Lipinski definition) is 4. The van der Waals surface area contributed by atoms with E-state index in [1.54, 1.807) is 0 Å². The van der Waals surface area contributed by atoms with Crippen LogP contribution in [-0.2, 0) is 10.0 Å². The molecule has 0 saturated heterocycles. The van der Waals surface area contributed by atoms with Crippen LogP contribution in [0.15, 0.2) is 50.7 Å². The van der Waals surface area contributed by atoms with E-state index >= 15 is 0 Å². The fraction of sp³-hybridized carbons (Fsp3) is 0.250. The summed E-state index contributed by atoms with van der Waals surface area (Å²) >= 11 is 3.21. The Morgan fingerprint density at radius 1 is 1.28 bits per heavy atom. The van der Waals surface area contributed by atoms with Gasteiger partial charge in [-0.15, -0.1) is 0 Å². The maximum absolute atomic E-state index is 12.3. The van der Waals surface area contributed by atoms with Crippen LogP contribution in [0.25, 0.3) is 0 Å². The molecule has 0 aliphatic heterocycles. The molecular formula is C16H16BrN3O4S. The second-order valence-electron chi connectivity index (χ2n) is 5.84. The molecule has 1 amide bonds. The molecule has 0 spiro atoms. The molecule has 25 heavy (non-hydrogen) atoms. The Kier molecular flexibility index (Phi) is 5.07. The molecule has 3 rings (SSSR count). The van der Waals surface area contributed by atoms with Crippen molar-refractivity contribution in [2.75, 3.05) is 11.9 Å². The van der Waals surface area contributed by atoms with Gasteiger partial charge in [0.2, 0.25) is 10.0 Å². The zero-order valence-electron chi connectivity index (χ0n) is 13.1. The first kappa shape index (κ1) is 17.8. The Bertz CT molecular complexity index is 967. The number of aromatic nitrogens is 1. The SMILES string of the molecule is O=C(Nc1cc(Br)c[nH]c1=O)c1cccc(S(=O)(=O)NCC2CC2)c1. The number of amides is 1. The number of aromatic amines is 1. The van der Waals surface area contributed by atoms with Gasteiger partial charge in [0.15, 0.2) is 0 Å². The van der Waals surface area contributed by atoms with Crippen molar-refractivity contribution in [1.29, 1.82) is 0 Å². The number of H-pyrrole nitrogens is 1. The van der Waals surface area contributed by atoms with Gasteiger partial charge in [-0.2, -0.15) is 0 Å². The lowest BCUT2D eigenvalue weighted by Crippen LogP contribution is -2.26. The van der Waals surface area contributed by atoms with Crippen molar-refractivity contribution in [2.24, 2.45) is 5.92 Å². The first-order chi connectivity index (χ1) is 11.8. The first-order valence-corrected chi connectivity index (χ1v) is 9.92. The number of rotatable bonds is 6. The summed E-state index contributed by atoms with van der Waals surface area (Å²) in [4.78, 5) is 26.5. The average Bonchev–Trinajstić information content (AvgIpc) is 3.41. The molecule has 1 aromatic heterocycles. The van der Waals surface area contributed by atoms with Gasteiger partial charge in [-0.3, -0.25) is 9.59 Å². The molecule has 132 valence electrons. The number of anilines is 1. The minimum absolute atomic E-state index is 0.0175. The minimum atomic E-state index is -3.66. The average molecular weight is 426 g/mol. The molecule has 0 bridgehead atoms. The maximum Gasteiger partial charge on any atom is 0.271 e. The zero-order valence-corrected chi connectivity index (χ0v) is 15.5. The van der Waals surface area contributed by atoms with Crippen LogP contribution in [0.5, 0.6) is 0 Å². The second kappa shape index (κ2) is 7.11. The maximum atomic E-state index is 12.3. The molecule has 2 aromatic rings. The number of nitrogens with one attached hydrogen (secondary N) is 3. The van der Waals surface area contributed by atoms with E-state index in [1.807, 2.05) is 0 Å². The summed E-state index contributed by atoms with van der Waals surface area (Å²) in [6.45, 7) is 0.409. The molecule has 9 heteroatoms. The van der Waals surface area contributed by atoms with Gasteiger partial charge in [-0.25, -0.2) is 13.1 Å². The van der Waals surface area contributed by atoms with Crippen molar-refractivity contribution in [3.63, 3.8) is 0 Å². The molecule has 0 unspecified atom stereocenters. The molecule has 1 aliphatic rings. The fourth-order valence-electron chi connectivity index (χ4n) is 2.18. The lowest BCUT2D eigenvalue weighted by Gasteiger charge is -2.08. The standard InChI is InChI=1S/C16H16BrN3O4S/c17-12-7-14(16(22)18-9-12)20-15(21)11-2-1-3-13(6-11)25(23,24)19-8-10-4-5-10/h1-3,6-7,9-10,19H,4-5,8H2,(H,18,22)(H,20,21). The summed E-state index contributed by atoms with van der Waals surface area (Å²) in [6, 6.07) is 7.16. The third kappa shape index (κ3) is 4.56. The smallest absolute Gasteiger partial charge is 0.271 e. The monoisotopic (exact) mass is 425 g/mol. The van der Waals surface area contributed by atoms with Crippen LogP contribution < -0.4 is 15.6 Å². The predicted molar refractivity (Wildman–Crippen MR) is 97.1 cm³/mol. The van der Waals surface area contributed by atoms with E-state index < -0.39 is 21.5 Å². The van der Waals surface area contributed by atoms with Crippen LogP contribution >= 0.6 is 15.9 Å². The summed E-state index contributed by atoms with van der Waals surface area (Å²) in [5, 5.41) is 2.48. The summed E-state index contributed by atoms with van der Waals surface area (Å²) in [5.74, 6) is -0.160. The predicted octanol–water partition coefficient (Wildman–Crippen LogP) is 2.08. The van der Waals surface area contributed by atoms with Gasteiger partial charge >= 0.3 is 0 Å². The molecule has 1 fully saturated rings. The number of carbonyl (C=O) groups excluding carboxylic acids is 1. The van der Waals surface area contributed by atoms with Gasteiger partial charge in [0.25, 0.3) is 11.5 Å². The molecule has 7 nitrogen and oxygen atoms in total. The third-order valence-electron chi connectivity index (χ3n) is 3.78. The number of halogens is 1. The topological polar surface area (TPSA) is 108 Å². The second-order valence-corrected chi connectivity index (χ2v) is 8.52. The molecule has 1 heterocycles. The van der Waals surface area contributed by atoms with Gasteiger partial charge < -0.3 is 10.3 Å². The molecule has 1 saturated carbocycles. The van der Waals surface area contributed by atoms with Gasteiger partial charge in [0.1, 0.15) is 5.69 Å². The Morgan fingerprint density at radius 2 is 2.04 bits per heavy atom. The number of hydrogen-bond donors (Lipinski definition) is 3. The molecule has 1 aliphatic carbocycles. The molecular weight excluding hydrogens is 410 g/mol. The van der Waals surface area contributed by atoms with Crippen LogP contribution in [0, 0.1) is 5.92 Å². The minimum Gasteiger partial charge on any atom is -0.326 e. The summed E-state index contributed by atoms with van der Waals surface area (Å²) in [6.07, 6.45) is 3.52. The van der Waals surface area contributed by atoms with Gasteiger partial charge in [-0.05, 0) is 59.0 Å². The van der Waals surface area contributed by atoms with Crippen molar-refractivity contribution < 1.29 is 13.2 Å². The van der Waals surface area contributed by atoms with E-state index in [4.69, 9.17) is 0 Å². The Hall–Kier alpha value is -1.97. The first-order valence-electron chi connectivity index (χ1n) is 7.64. The van der Waals surface area contributed by atoms with E-state index in [2.05, 4.69) is 31.0 Å². The van der Waals surface area contributed by atoms with Crippen LogP contribution in [0.3, 0.4) is 0 Å². The highest BCUT2D eigenvalue weighted by atomic mass is 79.9. The van der Waals surface area contributed by atoms with E-state index in [0.29, 0.717) is 16.9 Å². The van der Waals surface area contributed by atoms with E-state index in [9.17, 15) is 18.0 Å². The zero-order chi connectivity index (χ0) is 18.0. The summed E-state index contributed by atoms with van der Waals surface area (Å²) < 4.78 is 27.7. The van der Waals surface area contributed by atoms with Crippen LogP contribution in [0.4, 0.5) is 5.69 Å². The van der Waals surface area contributed by atoms with Gasteiger partial charge in [0.05, 0.1) is 4.90 Å². The van der Waals surface area contributed by atoms with Crippen molar-refractivity contribution in [3.05, 3.63) is 56.9 Å². The lowest BCUT2D eigenvalue weighted by atomic mass is 10.2. The fourth-order valence-corrected chi connectivity index (χ4v) is 3.69. The quantitative estimate of drug-likeness (QED) is 0.657. The normalized spacial score (nSPS) is 14.3. The van der Waals surface area contributed by atoms with Crippen LogP contribution in [-0.4, -0.2) is 25.9 Å². The Balaban J connectivity index is 1.79.